The monoisotopic (exact) mass is 325 g/mol. The van der Waals surface area contributed by atoms with Crippen molar-refractivity contribution in [1.82, 2.24) is 15.5 Å². The highest BCUT2D eigenvalue weighted by atomic mass is 79.9. The molecule has 0 radical (unpaired) electrons. The average molecular weight is 326 g/mol. The number of rotatable bonds is 6. The molecular weight excluding hydrogens is 302 g/mol. The maximum absolute atomic E-state index is 3.55. The van der Waals surface area contributed by atoms with Crippen molar-refractivity contribution < 1.29 is 0 Å². The molecule has 0 bridgehead atoms. The molecule has 0 atom stereocenters. The van der Waals surface area contributed by atoms with E-state index >= 15 is 0 Å². The van der Waals surface area contributed by atoms with Crippen molar-refractivity contribution in [3.63, 3.8) is 0 Å². The van der Waals surface area contributed by atoms with Gasteiger partial charge in [-0.15, -0.1) is 0 Å². The van der Waals surface area contributed by atoms with Crippen molar-refractivity contribution in [2.24, 2.45) is 0 Å². The molecule has 0 unspecified atom stereocenters. The Labute approximate surface area is 124 Å². The van der Waals surface area contributed by atoms with Crippen LogP contribution in [0.25, 0.3) is 0 Å². The lowest BCUT2D eigenvalue weighted by Crippen LogP contribution is -2.44. The number of hydrogen-bond donors (Lipinski definition) is 2. The Morgan fingerprint density at radius 3 is 2.89 bits per heavy atom. The van der Waals surface area contributed by atoms with Gasteiger partial charge in [0.2, 0.25) is 0 Å². The molecule has 0 spiro atoms. The second-order valence-corrected chi connectivity index (χ2v) is 6.11. The van der Waals surface area contributed by atoms with Gasteiger partial charge in [0.15, 0.2) is 0 Å². The summed E-state index contributed by atoms with van der Waals surface area (Å²) >= 11 is 3.53. The highest BCUT2D eigenvalue weighted by Crippen LogP contribution is 2.15. The van der Waals surface area contributed by atoms with Gasteiger partial charge in [-0.1, -0.05) is 22.0 Å². The standard InChI is InChI=1S/C15H24BrN3/c1-13-3-4-15(16)11-14(13)12-18-5-2-8-19-9-6-17-7-10-19/h3-4,11,17-18H,2,5-10,12H2,1H3. The van der Waals surface area contributed by atoms with E-state index in [-0.39, 0.29) is 0 Å². The SMILES string of the molecule is Cc1ccc(Br)cc1CNCCCN1CCNCC1. The molecule has 0 aromatic heterocycles. The Bertz CT molecular complexity index is 389. The fourth-order valence-corrected chi connectivity index (χ4v) is 2.82. The minimum absolute atomic E-state index is 0.965. The summed E-state index contributed by atoms with van der Waals surface area (Å²) in [6.07, 6.45) is 1.23. The summed E-state index contributed by atoms with van der Waals surface area (Å²) < 4.78 is 1.16. The average Bonchev–Trinajstić information content (AvgIpc) is 2.43. The van der Waals surface area contributed by atoms with Crippen LogP contribution >= 0.6 is 15.9 Å². The molecule has 1 aliphatic rings. The van der Waals surface area contributed by atoms with E-state index < -0.39 is 0 Å². The molecule has 0 aliphatic carbocycles. The van der Waals surface area contributed by atoms with Crippen LogP contribution < -0.4 is 10.6 Å². The smallest absolute Gasteiger partial charge is 0.0208 e. The van der Waals surface area contributed by atoms with Gasteiger partial charge in [0.1, 0.15) is 0 Å². The molecule has 0 amide bonds. The van der Waals surface area contributed by atoms with Crippen LogP contribution in [0.5, 0.6) is 0 Å². The first-order valence-electron chi connectivity index (χ1n) is 7.14. The predicted octanol–water partition coefficient (Wildman–Crippen LogP) is 2.14. The molecule has 1 aromatic carbocycles. The van der Waals surface area contributed by atoms with Gasteiger partial charge in [0.05, 0.1) is 0 Å². The second-order valence-electron chi connectivity index (χ2n) is 5.19. The van der Waals surface area contributed by atoms with E-state index in [1.54, 1.807) is 0 Å². The molecule has 1 aliphatic heterocycles. The van der Waals surface area contributed by atoms with Crippen LogP contribution in [0.2, 0.25) is 0 Å². The normalized spacial score (nSPS) is 16.7. The molecule has 1 fully saturated rings. The van der Waals surface area contributed by atoms with Gasteiger partial charge < -0.3 is 15.5 Å². The lowest BCUT2D eigenvalue weighted by atomic mass is 10.1. The minimum Gasteiger partial charge on any atom is -0.314 e. The molecule has 106 valence electrons. The van der Waals surface area contributed by atoms with Gasteiger partial charge in [-0.05, 0) is 49.7 Å². The molecule has 19 heavy (non-hydrogen) atoms. The van der Waals surface area contributed by atoms with Crippen molar-refractivity contribution in [2.75, 3.05) is 39.3 Å². The van der Waals surface area contributed by atoms with Crippen LogP contribution in [0.15, 0.2) is 22.7 Å². The van der Waals surface area contributed by atoms with E-state index in [9.17, 15) is 0 Å². The maximum atomic E-state index is 3.55. The van der Waals surface area contributed by atoms with Gasteiger partial charge >= 0.3 is 0 Å². The lowest BCUT2D eigenvalue weighted by molar-refractivity contribution is 0.237. The Hall–Kier alpha value is -0.420. The van der Waals surface area contributed by atoms with Crippen LogP contribution in [-0.2, 0) is 6.54 Å². The third-order valence-electron chi connectivity index (χ3n) is 3.66. The van der Waals surface area contributed by atoms with Crippen LogP contribution in [0.1, 0.15) is 17.5 Å². The van der Waals surface area contributed by atoms with Gasteiger partial charge in [0.25, 0.3) is 0 Å². The maximum Gasteiger partial charge on any atom is 0.0208 e. The molecule has 1 aromatic rings. The third-order valence-corrected chi connectivity index (χ3v) is 4.16. The summed E-state index contributed by atoms with van der Waals surface area (Å²) in [6.45, 7) is 10.1. The number of benzene rings is 1. The van der Waals surface area contributed by atoms with E-state index in [4.69, 9.17) is 0 Å². The Balaban J connectivity index is 1.62. The summed E-state index contributed by atoms with van der Waals surface area (Å²) in [5, 5.41) is 6.93. The molecule has 1 saturated heterocycles. The highest BCUT2D eigenvalue weighted by molar-refractivity contribution is 9.10. The van der Waals surface area contributed by atoms with Crippen LogP contribution in [0, 0.1) is 6.92 Å². The van der Waals surface area contributed by atoms with E-state index in [0.29, 0.717) is 0 Å². The second kappa shape index (κ2) is 8.00. The van der Waals surface area contributed by atoms with Crippen molar-refractivity contribution in [1.29, 1.82) is 0 Å². The van der Waals surface area contributed by atoms with E-state index in [0.717, 1.165) is 30.7 Å². The zero-order valence-corrected chi connectivity index (χ0v) is 13.3. The first kappa shape index (κ1) is 15.0. The molecule has 3 nitrogen and oxygen atoms in total. The molecule has 2 N–H and O–H groups in total. The third kappa shape index (κ3) is 5.22. The number of nitrogens with zero attached hydrogens (tertiary/aromatic N) is 1. The molecular formula is C15H24BrN3. The van der Waals surface area contributed by atoms with Crippen LogP contribution in [0.4, 0.5) is 0 Å². The van der Waals surface area contributed by atoms with Crippen LogP contribution in [-0.4, -0.2) is 44.2 Å². The quantitative estimate of drug-likeness (QED) is 0.785. The van der Waals surface area contributed by atoms with E-state index in [2.05, 4.69) is 56.6 Å². The summed E-state index contributed by atoms with van der Waals surface area (Å²) in [5.74, 6) is 0. The molecule has 2 rings (SSSR count). The molecule has 1 heterocycles. The Morgan fingerprint density at radius 2 is 2.11 bits per heavy atom. The Morgan fingerprint density at radius 1 is 1.32 bits per heavy atom. The number of hydrogen-bond acceptors (Lipinski definition) is 3. The summed E-state index contributed by atoms with van der Waals surface area (Å²) in [4.78, 5) is 2.54. The summed E-state index contributed by atoms with van der Waals surface area (Å²) in [5.41, 5.74) is 2.74. The minimum atomic E-state index is 0.965. The number of nitrogens with one attached hydrogen (secondary N) is 2. The Kier molecular flexibility index (Phi) is 6.31. The highest BCUT2D eigenvalue weighted by Gasteiger charge is 2.08. The summed E-state index contributed by atoms with van der Waals surface area (Å²) in [6, 6.07) is 6.48. The molecule has 0 saturated carbocycles. The van der Waals surface area contributed by atoms with Crippen molar-refractivity contribution >= 4 is 15.9 Å². The van der Waals surface area contributed by atoms with Crippen molar-refractivity contribution in [2.45, 2.75) is 19.9 Å². The lowest BCUT2D eigenvalue weighted by Gasteiger charge is -2.27. The van der Waals surface area contributed by atoms with Crippen molar-refractivity contribution in [3.05, 3.63) is 33.8 Å². The number of piperazine rings is 1. The topological polar surface area (TPSA) is 27.3 Å². The van der Waals surface area contributed by atoms with Crippen LogP contribution in [0.3, 0.4) is 0 Å². The first-order valence-corrected chi connectivity index (χ1v) is 7.94. The van der Waals surface area contributed by atoms with Gasteiger partial charge in [-0.2, -0.15) is 0 Å². The number of halogens is 1. The molecule has 4 heteroatoms. The van der Waals surface area contributed by atoms with Gasteiger partial charge in [-0.3, -0.25) is 0 Å². The summed E-state index contributed by atoms with van der Waals surface area (Å²) in [7, 11) is 0. The van der Waals surface area contributed by atoms with Gasteiger partial charge in [-0.25, -0.2) is 0 Å². The van der Waals surface area contributed by atoms with Crippen molar-refractivity contribution in [3.8, 4) is 0 Å². The fraction of sp³-hybridized carbons (Fsp3) is 0.600. The zero-order chi connectivity index (χ0) is 13.5. The first-order chi connectivity index (χ1) is 9.25. The zero-order valence-electron chi connectivity index (χ0n) is 11.7. The van der Waals surface area contributed by atoms with Gasteiger partial charge in [0, 0.05) is 37.2 Å². The van der Waals surface area contributed by atoms with E-state index in [1.165, 1.54) is 37.2 Å². The predicted molar refractivity (Wildman–Crippen MR) is 84.5 cm³/mol. The van der Waals surface area contributed by atoms with E-state index in [1.807, 2.05) is 0 Å². The fourth-order valence-electron chi connectivity index (χ4n) is 2.42. The number of aryl methyl sites for hydroxylation is 1. The largest absolute Gasteiger partial charge is 0.314 e.